The standard InChI is InChI=1S/C14H12BrClN2S/c15-11-6-17-7-12(16)14(11)18-5-9-8-19-13-4-2-1-3-10(9)13/h1-4,6-7,9H,5,8H2,(H,17,18). The Morgan fingerprint density at radius 3 is 3.05 bits per heavy atom. The Morgan fingerprint density at radius 2 is 2.21 bits per heavy atom. The van der Waals surface area contributed by atoms with Crippen LogP contribution in [0.2, 0.25) is 5.02 Å². The number of thioether (sulfide) groups is 1. The van der Waals surface area contributed by atoms with Gasteiger partial charge in [0.2, 0.25) is 0 Å². The van der Waals surface area contributed by atoms with Gasteiger partial charge in [-0.1, -0.05) is 29.8 Å². The maximum atomic E-state index is 6.15. The number of aromatic nitrogens is 1. The van der Waals surface area contributed by atoms with E-state index in [4.69, 9.17) is 11.6 Å². The second kappa shape index (κ2) is 5.73. The van der Waals surface area contributed by atoms with Crippen LogP contribution in [-0.4, -0.2) is 17.3 Å². The summed E-state index contributed by atoms with van der Waals surface area (Å²) in [5.41, 5.74) is 2.35. The number of benzene rings is 1. The minimum absolute atomic E-state index is 0.525. The van der Waals surface area contributed by atoms with Crippen molar-refractivity contribution in [2.45, 2.75) is 10.8 Å². The van der Waals surface area contributed by atoms with Gasteiger partial charge in [-0.3, -0.25) is 4.98 Å². The van der Waals surface area contributed by atoms with Gasteiger partial charge in [0.25, 0.3) is 0 Å². The minimum Gasteiger partial charge on any atom is -0.382 e. The van der Waals surface area contributed by atoms with E-state index in [1.54, 1.807) is 12.4 Å². The zero-order chi connectivity index (χ0) is 13.2. The van der Waals surface area contributed by atoms with Gasteiger partial charge in [-0.25, -0.2) is 0 Å². The lowest BCUT2D eigenvalue weighted by molar-refractivity contribution is 0.818. The number of nitrogens with one attached hydrogen (secondary N) is 1. The minimum atomic E-state index is 0.525. The van der Waals surface area contributed by atoms with Crippen LogP contribution in [-0.2, 0) is 0 Å². The van der Waals surface area contributed by atoms with Gasteiger partial charge in [0.05, 0.1) is 15.2 Å². The molecule has 0 bridgehead atoms. The molecule has 2 aromatic rings. The lowest BCUT2D eigenvalue weighted by Gasteiger charge is -2.15. The van der Waals surface area contributed by atoms with Crippen LogP contribution in [0.1, 0.15) is 11.5 Å². The van der Waals surface area contributed by atoms with E-state index < -0.39 is 0 Å². The maximum absolute atomic E-state index is 6.15. The van der Waals surface area contributed by atoms with Crippen molar-refractivity contribution in [3.63, 3.8) is 0 Å². The molecule has 0 amide bonds. The summed E-state index contributed by atoms with van der Waals surface area (Å²) in [5, 5.41) is 4.08. The summed E-state index contributed by atoms with van der Waals surface area (Å²) in [6.07, 6.45) is 3.41. The summed E-state index contributed by atoms with van der Waals surface area (Å²) in [6.45, 7) is 0.881. The van der Waals surface area contributed by atoms with Crippen LogP contribution in [0.25, 0.3) is 0 Å². The SMILES string of the molecule is Clc1cncc(Br)c1NCC1CSc2ccccc21. The molecule has 1 atom stereocenters. The predicted octanol–water partition coefficient (Wildman–Crippen LogP) is 4.80. The summed E-state index contributed by atoms with van der Waals surface area (Å²) in [7, 11) is 0. The van der Waals surface area contributed by atoms with Crippen molar-refractivity contribution in [1.82, 2.24) is 4.98 Å². The molecule has 1 aliphatic rings. The van der Waals surface area contributed by atoms with Crippen LogP contribution in [0.5, 0.6) is 0 Å². The molecule has 0 fully saturated rings. The van der Waals surface area contributed by atoms with Crippen molar-refractivity contribution in [2.75, 3.05) is 17.6 Å². The number of pyridine rings is 1. The van der Waals surface area contributed by atoms with E-state index in [0.29, 0.717) is 10.9 Å². The molecule has 0 saturated heterocycles. The third-order valence-electron chi connectivity index (χ3n) is 3.18. The monoisotopic (exact) mass is 354 g/mol. The molecule has 5 heteroatoms. The molecule has 98 valence electrons. The highest BCUT2D eigenvalue weighted by atomic mass is 79.9. The van der Waals surface area contributed by atoms with Gasteiger partial charge in [-0.05, 0) is 27.6 Å². The Bertz CT molecular complexity index is 585. The average molecular weight is 356 g/mol. The van der Waals surface area contributed by atoms with Crippen molar-refractivity contribution in [1.29, 1.82) is 0 Å². The zero-order valence-corrected chi connectivity index (χ0v) is 13.2. The third kappa shape index (κ3) is 2.76. The molecule has 0 spiro atoms. The van der Waals surface area contributed by atoms with E-state index in [-0.39, 0.29) is 0 Å². The summed E-state index contributed by atoms with van der Waals surface area (Å²) >= 11 is 11.6. The topological polar surface area (TPSA) is 24.9 Å². The van der Waals surface area contributed by atoms with Gasteiger partial charge in [-0.2, -0.15) is 0 Å². The number of rotatable bonds is 3. The summed E-state index contributed by atoms with van der Waals surface area (Å²) in [6, 6.07) is 8.60. The quantitative estimate of drug-likeness (QED) is 0.856. The first-order chi connectivity index (χ1) is 9.25. The van der Waals surface area contributed by atoms with Crippen LogP contribution in [0.4, 0.5) is 5.69 Å². The molecule has 0 aliphatic carbocycles. The van der Waals surface area contributed by atoms with E-state index >= 15 is 0 Å². The molecule has 0 radical (unpaired) electrons. The number of hydrogen-bond acceptors (Lipinski definition) is 3. The third-order valence-corrected chi connectivity index (χ3v) is 5.32. The van der Waals surface area contributed by atoms with Gasteiger partial charge in [-0.15, -0.1) is 11.8 Å². The van der Waals surface area contributed by atoms with Gasteiger partial charge in [0.1, 0.15) is 0 Å². The van der Waals surface area contributed by atoms with E-state index in [9.17, 15) is 0 Å². The van der Waals surface area contributed by atoms with Gasteiger partial charge < -0.3 is 5.32 Å². The first-order valence-corrected chi connectivity index (χ1v) is 8.16. The van der Waals surface area contributed by atoms with Gasteiger partial charge >= 0.3 is 0 Å². The van der Waals surface area contributed by atoms with Crippen LogP contribution in [0, 0.1) is 0 Å². The Balaban J connectivity index is 1.75. The van der Waals surface area contributed by atoms with Crippen molar-refractivity contribution in [3.05, 3.63) is 51.7 Å². The van der Waals surface area contributed by atoms with E-state index in [0.717, 1.165) is 22.5 Å². The Labute approximate surface area is 130 Å². The zero-order valence-electron chi connectivity index (χ0n) is 10.1. The molecule has 2 nitrogen and oxygen atoms in total. The predicted molar refractivity (Wildman–Crippen MR) is 85.3 cm³/mol. The highest BCUT2D eigenvalue weighted by Gasteiger charge is 2.22. The fourth-order valence-electron chi connectivity index (χ4n) is 2.20. The lowest BCUT2D eigenvalue weighted by atomic mass is 10.0. The number of fused-ring (bicyclic) bond motifs is 1. The lowest BCUT2D eigenvalue weighted by Crippen LogP contribution is -2.13. The van der Waals surface area contributed by atoms with Crippen LogP contribution in [0.15, 0.2) is 46.0 Å². The fourth-order valence-corrected chi connectivity index (χ4v) is 4.27. The average Bonchev–Trinajstić information content (AvgIpc) is 2.82. The second-order valence-corrected chi connectivity index (χ2v) is 6.73. The fraction of sp³-hybridized carbons (Fsp3) is 0.214. The largest absolute Gasteiger partial charge is 0.382 e. The second-order valence-electron chi connectivity index (χ2n) is 4.40. The first kappa shape index (κ1) is 13.3. The molecule has 0 saturated carbocycles. The highest BCUT2D eigenvalue weighted by Crippen LogP contribution is 2.40. The van der Waals surface area contributed by atoms with Crippen LogP contribution >= 0.6 is 39.3 Å². The number of anilines is 1. The van der Waals surface area contributed by atoms with Gasteiger partial charge in [0, 0.05) is 35.5 Å². The molecule has 1 aliphatic heterocycles. The van der Waals surface area contributed by atoms with Crippen LogP contribution in [0.3, 0.4) is 0 Å². The molecule has 1 aromatic heterocycles. The van der Waals surface area contributed by atoms with Crippen LogP contribution < -0.4 is 5.32 Å². The van der Waals surface area contributed by atoms with E-state index in [1.807, 2.05) is 11.8 Å². The first-order valence-electron chi connectivity index (χ1n) is 6.00. The van der Waals surface area contributed by atoms with Crippen molar-refractivity contribution in [3.8, 4) is 0 Å². The normalized spacial score (nSPS) is 17.3. The molecule has 1 N–H and O–H groups in total. The molecule has 19 heavy (non-hydrogen) atoms. The van der Waals surface area contributed by atoms with E-state index in [1.165, 1.54) is 10.5 Å². The molecule has 1 aromatic carbocycles. The smallest absolute Gasteiger partial charge is 0.0832 e. The number of nitrogens with zero attached hydrogens (tertiary/aromatic N) is 1. The van der Waals surface area contributed by atoms with Crippen molar-refractivity contribution >= 4 is 45.0 Å². The molecular formula is C14H12BrClN2S. The Kier molecular flexibility index (Phi) is 4.01. The Hall–Kier alpha value is -0.710. The van der Waals surface area contributed by atoms with Crippen molar-refractivity contribution < 1.29 is 0 Å². The summed E-state index contributed by atoms with van der Waals surface area (Å²) in [5.74, 6) is 1.64. The number of halogens is 2. The molecule has 1 unspecified atom stereocenters. The molecule has 2 heterocycles. The summed E-state index contributed by atoms with van der Waals surface area (Å²) in [4.78, 5) is 5.43. The summed E-state index contributed by atoms with van der Waals surface area (Å²) < 4.78 is 0.902. The van der Waals surface area contributed by atoms with Gasteiger partial charge in [0.15, 0.2) is 0 Å². The Morgan fingerprint density at radius 1 is 1.37 bits per heavy atom. The maximum Gasteiger partial charge on any atom is 0.0832 e. The number of hydrogen-bond donors (Lipinski definition) is 1. The molecular weight excluding hydrogens is 344 g/mol. The highest BCUT2D eigenvalue weighted by molar-refractivity contribution is 9.10. The molecule has 3 rings (SSSR count). The van der Waals surface area contributed by atoms with Crippen molar-refractivity contribution in [2.24, 2.45) is 0 Å². The van der Waals surface area contributed by atoms with E-state index in [2.05, 4.69) is 50.5 Å².